The third-order valence-corrected chi connectivity index (χ3v) is 4.09. The van der Waals surface area contributed by atoms with Crippen molar-refractivity contribution in [3.8, 4) is 11.6 Å². The summed E-state index contributed by atoms with van der Waals surface area (Å²) in [6, 6.07) is 3.64. The lowest BCUT2D eigenvalue weighted by Crippen LogP contribution is -2.31. The second-order valence-electron chi connectivity index (χ2n) is 4.40. The highest BCUT2D eigenvalue weighted by Gasteiger charge is 2.13. The molecule has 0 spiro atoms. The summed E-state index contributed by atoms with van der Waals surface area (Å²) in [5.74, 6) is 0.976. The van der Waals surface area contributed by atoms with Crippen LogP contribution in [0.5, 0.6) is 5.88 Å². The Morgan fingerprint density at radius 1 is 1.36 bits per heavy atom. The number of hydrogen-bond acceptors (Lipinski definition) is 6. The van der Waals surface area contributed by atoms with E-state index in [-0.39, 0.29) is 5.91 Å². The normalized spacial score (nSPS) is 10.5. The van der Waals surface area contributed by atoms with Gasteiger partial charge in [-0.3, -0.25) is 9.36 Å². The van der Waals surface area contributed by atoms with Gasteiger partial charge in [0.15, 0.2) is 5.16 Å². The number of hydrogen-bond donors (Lipinski definition) is 0. The zero-order valence-electron chi connectivity index (χ0n) is 12.9. The maximum absolute atomic E-state index is 12.1. The minimum Gasteiger partial charge on any atom is -0.481 e. The molecular weight excluding hydrogens is 302 g/mol. The van der Waals surface area contributed by atoms with Crippen LogP contribution in [0.4, 0.5) is 0 Å². The van der Waals surface area contributed by atoms with Gasteiger partial charge in [0, 0.05) is 19.2 Å². The van der Waals surface area contributed by atoms with Crippen LogP contribution in [0.1, 0.15) is 13.8 Å². The Hall–Kier alpha value is -2.09. The number of aromatic nitrogens is 4. The van der Waals surface area contributed by atoms with E-state index in [1.165, 1.54) is 11.8 Å². The summed E-state index contributed by atoms with van der Waals surface area (Å²) in [4.78, 5) is 18.0. The lowest BCUT2D eigenvalue weighted by Gasteiger charge is -2.18. The van der Waals surface area contributed by atoms with Crippen molar-refractivity contribution >= 4 is 17.7 Å². The van der Waals surface area contributed by atoms with Crippen molar-refractivity contribution in [3.63, 3.8) is 0 Å². The molecule has 0 saturated heterocycles. The van der Waals surface area contributed by atoms with Crippen molar-refractivity contribution in [3.05, 3.63) is 24.7 Å². The van der Waals surface area contributed by atoms with Gasteiger partial charge >= 0.3 is 0 Å². The third kappa shape index (κ3) is 3.76. The van der Waals surface area contributed by atoms with Gasteiger partial charge in [0.2, 0.25) is 11.8 Å². The topological polar surface area (TPSA) is 73.1 Å². The summed E-state index contributed by atoms with van der Waals surface area (Å²) in [5.41, 5.74) is 0.823. The molecule has 0 aromatic carbocycles. The molecule has 7 nitrogen and oxygen atoms in total. The number of carbonyl (C=O) groups is 1. The SMILES string of the molecule is CCN(CC)C(=O)CSc1nncn1-c1ccc(OC)nc1. The first-order valence-corrected chi connectivity index (χ1v) is 7.99. The van der Waals surface area contributed by atoms with E-state index in [0.717, 1.165) is 5.69 Å². The molecule has 0 aliphatic rings. The second-order valence-corrected chi connectivity index (χ2v) is 5.34. The maximum atomic E-state index is 12.1. The molecule has 118 valence electrons. The number of amides is 1. The van der Waals surface area contributed by atoms with Crippen molar-refractivity contribution in [1.82, 2.24) is 24.6 Å². The quantitative estimate of drug-likeness (QED) is 0.722. The lowest BCUT2D eigenvalue weighted by atomic mass is 10.4. The molecule has 1 amide bonds. The first-order valence-electron chi connectivity index (χ1n) is 7.00. The fourth-order valence-electron chi connectivity index (χ4n) is 1.93. The van der Waals surface area contributed by atoms with E-state index in [1.54, 1.807) is 35.2 Å². The van der Waals surface area contributed by atoms with Gasteiger partial charge in [0.25, 0.3) is 0 Å². The van der Waals surface area contributed by atoms with Crippen LogP contribution in [0, 0.1) is 0 Å². The fourth-order valence-corrected chi connectivity index (χ4v) is 2.76. The molecule has 0 aliphatic carbocycles. The molecular formula is C14H19N5O2S. The zero-order valence-corrected chi connectivity index (χ0v) is 13.7. The number of thioether (sulfide) groups is 1. The summed E-state index contributed by atoms with van der Waals surface area (Å²) in [5, 5.41) is 8.64. The van der Waals surface area contributed by atoms with Gasteiger partial charge in [-0.05, 0) is 19.9 Å². The van der Waals surface area contributed by atoms with Crippen LogP contribution in [0.2, 0.25) is 0 Å². The highest BCUT2D eigenvalue weighted by molar-refractivity contribution is 7.99. The van der Waals surface area contributed by atoms with E-state index >= 15 is 0 Å². The van der Waals surface area contributed by atoms with Gasteiger partial charge in [-0.1, -0.05) is 11.8 Å². The van der Waals surface area contributed by atoms with Crippen LogP contribution >= 0.6 is 11.8 Å². The molecule has 0 N–H and O–H groups in total. The molecule has 2 aromatic heterocycles. The summed E-state index contributed by atoms with van der Waals surface area (Å²) in [6.45, 7) is 5.37. The average Bonchev–Trinajstić information content (AvgIpc) is 3.02. The van der Waals surface area contributed by atoms with Crippen molar-refractivity contribution in [2.75, 3.05) is 26.0 Å². The molecule has 0 unspecified atom stereocenters. The van der Waals surface area contributed by atoms with Gasteiger partial charge in [0.05, 0.1) is 24.7 Å². The minimum absolute atomic E-state index is 0.0948. The third-order valence-electron chi connectivity index (χ3n) is 3.17. The Morgan fingerprint density at radius 2 is 2.14 bits per heavy atom. The number of rotatable bonds is 7. The number of methoxy groups -OCH3 is 1. The standard InChI is InChI=1S/C14H19N5O2S/c1-4-18(5-2)13(20)9-22-14-17-16-10-19(14)11-6-7-12(21-3)15-8-11/h6-8,10H,4-5,9H2,1-3H3. The van der Waals surface area contributed by atoms with Gasteiger partial charge in [-0.2, -0.15) is 0 Å². The molecule has 0 fully saturated rings. The molecule has 0 aliphatic heterocycles. The molecule has 0 saturated carbocycles. The molecule has 0 radical (unpaired) electrons. The predicted octanol–water partition coefficient (Wildman–Crippen LogP) is 1.63. The molecule has 2 aromatic rings. The summed E-state index contributed by atoms with van der Waals surface area (Å²) in [6.07, 6.45) is 3.28. The Morgan fingerprint density at radius 3 is 2.73 bits per heavy atom. The minimum atomic E-state index is 0.0948. The first kappa shape index (κ1) is 16.3. The van der Waals surface area contributed by atoms with E-state index in [4.69, 9.17) is 4.74 Å². The van der Waals surface area contributed by atoms with E-state index in [1.807, 2.05) is 19.9 Å². The van der Waals surface area contributed by atoms with Crippen LogP contribution in [-0.2, 0) is 4.79 Å². The Balaban J connectivity index is 2.07. The van der Waals surface area contributed by atoms with Crippen molar-refractivity contribution in [1.29, 1.82) is 0 Å². The molecule has 22 heavy (non-hydrogen) atoms. The summed E-state index contributed by atoms with van der Waals surface area (Å²) >= 11 is 1.36. The van der Waals surface area contributed by atoms with Crippen LogP contribution in [-0.4, -0.2) is 56.5 Å². The van der Waals surface area contributed by atoms with Gasteiger partial charge in [-0.25, -0.2) is 4.98 Å². The predicted molar refractivity (Wildman–Crippen MR) is 84.4 cm³/mol. The lowest BCUT2D eigenvalue weighted by molar-refractivity contribution is -0.127. The van der Waals surface area contributed by atoms with Gasteiger partial charge < -0.3 is 9.64 Å². The van der Waals surface area contributed by atoms with Crippen molar-refractivity contribution < 1.29 is 9.53 Å². The number of ether oxygens (including phenoxy) is 1. The first-order chi connectivity index (χ1) is 10.7. The highest BCUT2D eigenvalue weighted by Crippen LogP contribution is 2.20. The smallest absolute Gasteiger partial charge is 0.233 e. The summed E-state index contributed by atoms with van der Waals surface area (Å²) in [7, 11) is 1.57. The monoisotopic (exact) mass is 321 g/mol. The van der Waals surface area contributed by atoms with E-state index < -0.39 is 0 Å². The number of pyridine rings is 1. The molecule has 2 rings (SSSR count). The highest BCUT2D eigenvalue weighted by atomic mass is 32.2. The van der Waals surface area contributed by atoms with Crippen LogP contribution in [0.3, 0.4) is 0 Å². The Kier molecular flexibility index (Phi) is 5.76. The van der Waals surface area contributed by atoms with Crippen LogP contribution in [0.15, 0.2) is 29.8 Å². The Labute approximate surface area is 133 Å². The van der Waals surface area contributed by atoms with E-state index in [2.05, 4.69) is 15.2 Å². The zero-order chi connectivity index (χ0) is 15.9. The number of carbonyl (C=O) groups excluding carboxylic acids is 1. The van der Waals surface area contributed by atoms with E-state index in [9.17, 15) is 4.79 Å². The van der Waals surface area contributed by atoms with Crippen LogP contribution in [0.25, 0.3) is 5.69 Å². The average molecular weight is 321 g/mol. The molecule has 2 heterocycles. The molecule has 8 heteroatoms. The van der Waals surface area contributed by atoms with Crippen LogP contribution < -0.4 is 4.74 Å². The summed E-state index contributed by atoms with van der Waals surface area (Å²) < 4.78 is 6.84. The van der Waals surface area contributed by atoms with Crippen molar-refractivity contribution in [2.45, 2.75) is 19.0 Å². The largest absolute Gasteiger partial charge is 0.481 e. The fraction of sp³-hybridized carbons (Fsp3) is 0.429. The second kappa shape index (κ2) is 7.79. The number of nitrogens with zero attached hydrogens (tertiary/aromatic N) is 5. The van der Waals surface area contributed by atoms with Crippen molar-refractivity contribution in [2.24, 2.45) is 0 Å². The van der Waals surface area contributed by atoms with E-state index in [0.29, 0.717) is 29.9 Å². The van der Waals surface area contributed by atoms with Gasteiger partial charge in [0.1, 0.15) is 6.33 Å². The molecule has 0 atom stereocenters. The van der Waals surface area contributed by atoms with Gasteiger partial charge in [-0.15, -0.1) is 10.2 Å². The maximum Gasteiger partial charge on any atom is 0.233 e. The Bertz CT molecular complexity index is 610. The molecule has 0 bridgehead atoms.